The number of halogens is 5. The van der Waals surface area contributed by atoms with Crippen molar-refractivity contribution in [2.24, 2.45) is 5.92 Å². The number of hydrogen-bond acceptors (Lipinski definition) is 4. The van der Waals surface area contributed by atoms with Crippen LogP contribution in [-0.4, -0.2) is 16.0 Å². The number of amides is 1. The summed E-state index contributed by atoms with van der Waals surface area (Å²) in [7, 11) is 0. The van der Waals surface area contributed by atoms with E-state index in [-0.39, 0.29) is 28.3 Å². The lowest BCUT2D eigenvalue weighted by molar-refractivity contribution is -0.117. The predicted octanol–water partition coefficient (Wildman–Crippen LogP) is 6.83. The van der Waals surface area contributed by atoms with Crippen LogP contribution in [0.5, 0.6) is 0 Å². The van der Waals surface area contributed by atoms with Gasteiger partial charge >= 0.3 is 0 Å². The Kier molecular flexibility index (Phi) is 7.27. The van der Waals surface area contributed by atoms with Crippen LogP contribution in [0.2, 0.25) is 10.0 Å². The van der Waals surface area contributed by atoms with E-state index in [1.54, 1.807) is 12.1 Å². The number of anilines is 1. The maximum Gasteiger partial charge on any atom is 0.231 e. The first-order chi connectivity index (χ1) is 17.0. The summed E-state index contributed by atoms with van der Waals surface area (Å²) in [6.45, 7) is 0. The average Bonchev–Trinajstić information content (AvgIpc) is 3.42. The Bertz CT molecular complexity index is 1490. The molecular formula is C26H14Cl4FN3O2. The van der Waals surface area contributed by atoms with Gasteiger partial charge in [-0.15, -0.1) is 23.2 Å². The number of benzene rings is 3. The van der Waals surface area contributed by atoms with E-state index in [0.717, 1.165) is 12.1 Å². The number of rotatable bonds is 6. The second-order valence-corrected chi connectivity index (χ2v) is 10.5. The molecule has 3 aromatic rings. The molecule has 0 heterocycles. The molecule has 2 atom stereocenters. The van der Waals surface area contributed by atoms with Crippen molar-refractivity contribution < 1.29 is 14.0 Å². The van der Waals surface area contributed by atoms with Gasteiger partial charge in [-0.1, -0.05) is 29.3 Å². The van der Waals surface area contributed by atoms with Crippen LogP contribution in [0, 0.1) is 34.4 Å². The smallest absolute Gasteiger partial charge is 0.231 e. The molecule has 0 aromatic heterocycles. The molecule has 180 valence electrons. The Labute approximate surface area is 225 Å². The van der Waals surface area contributed by atoms with Crippen LogP contribution < -0.4 is 5.32 Å². The van der Waals surface area contributed by atoms with Gasteiger partial charge in [-0.05, 0) is 59.7 Å². The van der Waals surface area contributed by atoms with E-state index in [2.05, 4.69) is 5.32 Å². The van der Waals surface area contributed by atoms with Crippen molar-refractivity contribution in [3.8, 4) is 12.1 Å². The van der Waals surface area contributed by atoms with Crippen molar-refractivity contribution in [1.29, 1.82) is 10.5 Å². The summed E-state index contributed by atoms with van der Waals surface area (Å²) in [6.07, 6.45) is -0.187. The molecule has 0 bridgehead atoms. The van der Waals surface area contributed by atoms with Crippen molar-refractivity contribution in [3.63, 3.8) is 0 Å². The molecule has 1 aliphatic rings. The zero-order chi connectivity index (χ0) is 26.2. The fraction of sp³-hybridized carbons (Fsp3) is 0.154. The highest BCUT2D eigenvalue weighted by molar-refractivity contribution is 6.53. The van der Waals surface area contributed by atoms with Gasteiger partial charge in [0, 0.05) is 28.6 Å². The van der Waals surface area contributed by atoms with Gasteiger partial charge in [-0.3, -0.25) is 9.59 Å². The Morgan fingerprint density at radius 1 is 1.00 bits per heavy atom. The van der Waals surface area contributed by atoms with Crippen LogP contribution in [0.4, 0.5) is 10.1 Å². The number of ketones is 1. The Hall–Kier alpha value is -3.13. The van der Waals surface area contributed by atoms with Crippen molar-refractivity contribution in [2.45, 2.75) is 16.7 Å². The van der Waals surface area contributed by atoms with Crippen LogP contribution in [0.3, 0.4) is 0 Å². The third-order valence-corrected chi connectivity index (χ3v) is 7.31. The normalized spacial score (nSPS) is 17.5. The number of alkyl halides is 2. The largest absolute Gasteiger partial charge is 0.326 e. The molecule has 0 saturated heterocycles. The molecule has 10 heteroatoms. The molecule has 1 amide bonds. The van der Waals surface area contributed by atoms with E-state index in [4.69, 9.17) is 46.4 Å². The Morgan fingerprint density at radius 2 is 1.75 bits per heavy atom. The third kappa shape index (κ3) is 5.19. The molecule has 4 rings (SSSR count). The van der Waals surface area contributed by atoms with Crippen LogP contribution in [-0.2, 0) is 11.2 Å². The summed E-state index contributed by atoms with van der Waals surface area (Å²) in [5.74, 6) is -2.92. The fourth-order valence-electron chi connectivity index (χ4n) is 4.04. The lowest BCUT2D eigenvalue weighted by Crippen LogP contribution is -2.17. The molecule has 2 unspecified atom stereocenters. The summed E-state index contributed by atoms with van der Waals surface area (Å²) in [5, 5.41) is 21.6. The quantitative estimate of drug-likeness (QED) is 0.264. The topological polar surface area (TPSA) is 93.8 Å². The molecule has 1 N–H and O–H groups in total. The predicted molar refractivity (Wildman–Crippen MR) is 136 cm³/mol. The highest BCUT2D eigenvalue weighted by Gasteiger charge is 2.67. The van der Waals surface area contributed by atoms with Gasteiger partial charge < -0.3 is 5.32 Å². The number of nitrogens with zero attached hydrogens (tertiary/aromatic N) is 2. The Morgan fingerprint density at radius 3 is 2.44 bits per heavy atom. The lowest BCUT2D eigenvalue weighted by Gasteiger charge is -2.10. The molecular weight excluding hydrogens is 547 g/mol. The van der Waals surface area contributed by atoms with E-state index in [1.165, 1.54) is 30.3 Å². The third-order valence-electron chi connectivity index (χ3n) is 5.82. The van der Waals surface area contributed by atoms with E-state index in [9.17, 15) is 24.5 Å². The minimum absolute atomic E-state index is 0.0461. The molecule has 1 saturated carbocycles. The first-order valence-electron chi connectivity index (χ1n) is 10.5. The maximum atomic E-state index is 13.4. The number of nitriles is 2. The summed E-state index contributed by atoms with van der Waals surface area (Å²) >= 11 is 25.1. The van der Waals surface area contributed by atoms with Gasteiger partial charge in [0.15, 0.2) is 5.78 Å². The molecule has 3 aromatic carbocycles. The van der Waals surface area contributed by atoms with E-state index >= 15 is 0 Å². The standard InChI is InChI=1S/C26H14Cl4FN3O2/c27-17-6-13(11-32)5-15(7-17)23-24(26(23,29)30)25(36)34-19-3-4-21(28)20(10-19)22(35)9-14-1-2-18(31)8-16(14)12-33/h1-8,10,23-24H,9H2,(H,34,36). The summed E-state index contributed by atoms with van der Waals surface area (Å²) < 4.78 is 12.0. The van der Waals surface area contributed by atoms with Gasteiger partial charge in [-0.25, -0.2) is 4.39 Å². The minimum atomic E-state index is -1.41. The first-order valence-corrected chi connectivity index (χ1v) is 12.0. The number of hydrogen-bond donors (Lipinski definition) is 1. The van der Waals surface area contributed by atoms with Gasteiger partial charge in [-0.2, -0.15) is 10.5 Å². The van der Waals surface area contributed by atoms with Crippen molar-refractivity contribution in [1.82, 2.24) is 0 Å². The highest BCUT2D eigenvalue weighted by atomic mass is 35.5. The molecule has 0 spiro atoms. The van der Waals surface area contributed by atoms with Gasteiger partial charge in [0.05, 0.1) is 34.2 Å². The molecule has 1 aliphatic carbocycles. The van der Waals surface area contributed by atoms with Crippen molar-refractivity contribution in [2.75, 3.05) is 5.32 Å². The van der Waals surface area contributed by atoms with E-state index in [1.807, 2.05) is 12.1 Å². The number of carbonyl (C=O) groups excluding carboxylic acids is 2. The average molecular weight is 561 g/mol. The zero-order valence-corrected chi connectivity index (χ0v) is 21.2. The second kappa shape index (κ2) is 10.1. The summed E-state index contributed by atoms with van der Waals surface area (Å²) in [5.41, 5.74) is 1.67. The maximum absolute atomic E-state index is 13.4. The monoisotopic (exact) mass is 559 g/mol. The zero-order valence-electron chi connectivity index (χ0n) is 18.2. The SMILES string of the molecule is N#Cc1cc(Cl)cc(C2C(C(=O)Nc3ccc(Cl)c(C(=O)Cc4ccc(F)cc4C#N)c3)C2(Cl)Cl)c1. The second-order valence-electron chi connectivity index (χ2n) is 8.21. The van der Waals surface area contributed by atoms with Crippen LogP contribution in [0.25, 0.3) is 0 Å². The molecule has 36 heavy (non-hydrogen) atoms. The van der Waals surface area contributed by atoms with Crippen LogP contribution >= 0.6 is 46.4 Å². The van der Waals surface area contributed by atoms with E-state index < -0.39 is 33.7 Å². The van der Waals surface area contributed by atoms with Gasteiger partial charge in [0.1, 0.15) is 10.2 Å². The van der Waals surface area contributed by atoms with Gasteiger partial charge in [0.25, 0.3) is 0 Å². The number of Topliss-reactive ketones (excluding diaryl/α,β-unsaturated/α-hetero) is 1. The fourth-order valence-corrected chi connectivity index (χ4v) is 5.33. The molecule has 0 aliphatic heterocycles. The first kappa shape index (κ1) is 25.9. The molecule has 1 fully saturated rings. The highest BCUT2D eigenvalue weighted by Crippen LogP contribution is 2.65. The van der Waals surface area contributed by atoms with Gasteiger partial charge in [0.2, 0.25) is 5.91 Å². The summed E-state index contributed by atoms with van der Waals surface area (Å²) in [4.78, 5) is 25.9. The van der Waals surface area contributed by atoms with Crippen molar-refractivity contribution >= 4 is 63.8 Å². The van der Waals surface area contributed by atoms with Crippen LogP contribution in [0.1, 0.15) is 38.5 Å². The lowest BCUT2D eigenvalue weighted by atomic mass is 9.98. The molecule has 0 radical (unpaired) electrons. The molecule has 5 nitrogen and oxygen atoms in total. The Balaban J connectivity index is 1.53. The summed E-state index contributed by atoms with van der Waals surface area (Å²) in [6, 6.07) is 16.5. The minimum Gasteiger partial charge on any atom is -0.326 e. The number of carbonyl (C=O) groups is 2. The number of nitrogens with one attached hydrogen (secondary N) is 1. The van der Waals surface area contributed by atoms with E-state index in [0.29, 0.717) is 21.7 Å². The van der Waals surface area contributed by atoms with Crippen molar-refractivity contribution in [3.05, 3.63) is 98.3 Å². The van der Waals surface area contributed by atoms with Crippen LogP contribution in [0.15, 0.2) is 54.6 Å².